The van der Waals surface area contributed by atoms with Crippen LogP contribution >= 0.6 is 0 Å². The smallest absolute Gasteiger partial charge is 0.339 e. The molecule has 2 atom stereocenters. The van der Waals surface area contributed by atoms with Crippen LogP contribution in [0.5, 0.6) is 0 Å². The van der Waals surface area contributed by atoms with Crippen molar-refractivity contribution in [2.45, 2.75) is 32.0 Å². The van der Waals surface area contributed by atoms with Gasteiger partial charge in [0.25, 0.3) is 0 Å². The fourth-order valence-electron chi connectivity index (χ4n) is 2.73. The zero-order valence-corrected chi connectivity index (χ0v) is 13.0. The number of carbonyl (C=O) groups excluding carboxylic acids is 1. The molecule has 0 aromatic heterocycles. The first-order valence-corrected chi connectivity index (χ1v) is 7.67. The van der Waals surface area contributed by atoms with Gasteiger partial charge in [-0.05, 0) is 49.5 Å². The fourth-order valence-corrected chi connectivity index (χ4v) is 2.73. The molecule has 0 spiro atoms. The SMILES string of the molecule is CC(N)C1CCCN(C(=O)C=Cc2cccc(C(F)(F)F)c2)C1. The summed E-state index contributed by atoms with van der Waals surface area (Å²) in [5.74, 6) is 0.0856. The van der Waals surface area contributed by atoms with E-state index in [1.54, 1.807) is 11.0 Å². The molecule has 1 heterocycles. The summed E-state index contributed by atoms with van der Waals surface area (Å²) in [7, 11) is 0. The number of alkyl halides is 3. The topological polar surface area (TPSA) is 46.3 Å². The molecule has 2 N–H and O–H groups in total. The standard InChI is InChI=1S/C17H21F3N2O/c1-12(21)14-5-3-9-22(11-14)16(23)8-7-13-4-2-6-15(10-13)17(18,19)20/h2,4,6-8,10,12,14H,3,5,9,11,21H2,1H3. The number of likely N-dealkylation sites (tertiary alicyclic amines) is 1. The van der Waals surface area contributed by atoms with E-state index < -0.39 is 11.7 Å². The van der Waals surface area contributed by atoms with Crippen LogP contribution in [0.2, 0.25) is 0 Å². The van der Waals surface area contributed by atoms with E-state index in [4.69, 9.17) is 5.73 Å². The second-order valence-electron chi connectivity index (χ2n) is 6.00. The molecule has 2 rings (SSSR count). The highest BCUT2D eigenvalue weighted by Crippen LogP contribution is 2.29. The highest BCUT2D eigenvalue weighted by Gasteiger charge is 2.30. The monoisotopic (exact) mass is 326 g/mol. The number of piperidine rings is 1. The molecule has 3 nitrogen and oxygen atoms in total. The van der Waals surface area contributed by atoms with E-state index in [9.17, 15) is 18.0 Å². The van der Waals surface area contributed by atoms with Crippen molar-refractivity contribution in [3.8, 4) is 0 Å². The maximum Gasteiger partial charge on any atom is 0.416 e. The Kier molecular flexibility index (Phi) is 5.46. The minimum Gasteiger partial charge on any atom is -0.339 e. The molecular weight excluding hydrogens is 305 g/mol. The zero-order valence-electron chi connectivity index (χ0n) is 13.0. The average Bonchev–Trinajstić information content (AvgIpc) is 2.52. The van der Waals surface area contributed by atoms with Gasteiger partial charge in [0.15, 0.2) is 0 Å². The molecule has 126 valence electrons. The van der Waals surface area contributed by atoms with Gasteiger partial charge in [-0.25, -0.2) is 0 Å². The maximum atomic E-state index is 12.7. The first-order valence-electron chi connectivity index (χ1n) is 7.67. The number of carbonyl (C=O) groups is 1. The normalized spacial score (nSPS) is 20.7. The van der Waals surface area contributed by atoms with Crippen LogP contribution in [0, 0.1) is 5.92 Å². The summed E-state index contributed by atoms with van der Waals surface area (Å²) in [4.78, 5) is 13.9. The van der Waals surface area contributed by atoms with Gasteiger partial charge in [-0.1, -0.05) is 12.1 Å². The van der Waals surface area contributed by atoms with Crippen LogP contribution in [-0.4, -0.2) is 29.9 Å². The van der Waals surface area contributed by atoms with E-state index in [2.05, 4.69) is 0 Å². The molecular formula is C17H21F3N2O. The lowest BCUT2D eigenvalue weighted by molar-refractivity contribution is -0.137. The Morgan fingerprint density at radius 2 is 2.17 bits per heavy atom. The molecule has 1 saturated heterocycles. The Bertz CT molecular complexity index is 581. The van der Waals surface area contributed by atoms with Gasteiger partial charge >= 0.3 is 6.18 Å². The van der Waals surface area contributed by atoms with Crippen molar-refractivity contribution in [2.24, 2.45) is 11.7 Å². The molecule has 0 radical (unpaired) electrons. The van der Waals surface area contributed by atoms with Gasteiger partial charge in [0.1, 0.15) is 0 Å². The van der Waals surface area contributed by atoms with Crippen LogP contribution in [0.25, 0.3) is 6.08 Å². The Hall–Kier alpha value is -1.82. The zero-order chi connectivity index (χ0) is 17.0. The lowest BCUT2D eigenvalue weighted by Gasteiger charge is -2.34. The second-order valence-corrected chi connectivity index (χ2v) is 6.00. The van der Waals surface area contributed by atoms with Gasteiger partial charge in [0.05, 0.1) is 5.56 Å². The molecule has 23 heavy (non-hydrogen) atoms. The quantitative estimate of drug-likeness (QED) is 0.866. The van der Waals surface area contributed by atoms with Crippen molar-refractivity contribution in [3.05, 3.63) is 41.5 Å². The van der Waals surface area contributed by atoms with Crippen LogP contribution in [0.4, 0.5) is 13.2 Å². The molecule has 0 bridgehead atoms. The highest BCUT2D eigenvalue weighted by molar-refractivity contribution is 5.91. The van der Waals surface area contributed by atoms with Gasteiger partial charge in [-0.2, -0.15) is 13.2 Å². The van der Waals surface area contributed by atoms with Gasteiger partial charge in [0.2, 0.25) is 5.91 Å². The molecule has 1 aromatic rings. The number of hydrogen-bond donors (Lipinski definition) is 1. The number of amides is 1. The largest absolute Gasteiger partial charge is 0.416 e. The van der Waals surface area contributed by atoms with Crippen molar-refractivity contribution in [2.75, 3.05) is 13.1 Å². The predicted molar refractivity (Wildman–Crippen MR) is 83.4 cm³/mol. The van der Waals surface area contributed by atoms with Gasteiger partial charge in [-0.15, -0.1) is 0 Å². The van der Waals surface area contributed by atoms with Crippen LogP contribution < -0.4 is 5.73 Å². The highest BCUT2D eigenvalue weighted by atomic mass is 19.4. The Morgan fingerprint density at radius 1 is 1.43 bits per heavy atom. The Labute approximate surface area is 134 Å². The van der Waals surface area contributed by atoms with Crippen molar-refractivity contribution in [1.82, 2.24) is 4.90 Å². The third kappa shape index (κ3) is 4.82. The molecule has 0 saturated carbocycles. The minimum absolute atomic E-state index is 0.0260. The van der Waals surface area contributed by atoms with Crippen molar-refractivity contribution >= 4 is 12.0 Å². The van der Waals surface area contributed by atoms with Crippen molar-refractivity contribution in [3.63, 3.8) is 0 Å². The molecule has 2 unspecified atom stereocenters. The lowest BCUT2D eigenvalue weighted by Crippen LogP contribution is -2.44. The first kappa shape index (κ1) is 17.5. The summed E-state index contributed by atoms with van der Waals surface area (Å²) in [6.07, 6.45) is 0.269. The van der Waals surface area contributed by atoms with Gasteiger partial charge in [0, 0.05) is 25.2 Å². The number of nitrogens with zero attached hydrogens (tertiary/aromatic N) is 1. The third-order valence-corrected chi connectivity index (χ3v) is 4.15. The summed E-state index contributed by atoms with van der Waals surface area (Å²) >= 11 is 0. The average molecular weight is 326 g/mol. The summed E-state index contributed by atoms with van der Waals surface area (Å²) in [5, 5.41) is 0. The molecule has 6 heteroatoms. The summed E-state index contributed by atoms with van der Waals surface area (Å²) < 4.78 is 38.0. The van der Waals surface area contributed by atoms with E-state index in [-0.39, 0.29) is 17.9 Å². The van der Waals surface area contributed by atoms with E-state index in [0.717, 1.165) is 25.0 Å². The number of halogens is 3. The minimum atomic E-state index is -4.38. The lowest BCUT2D eigenvalue weighted by atomic mass is 9.92. The van der Waals surface area contributed by atoms with Crippen LogP contribution in [0.3, 0.4) is 0 Å². The molecule has 1 fully saturated rings. The number of benzene rings is 1. The Balaban J connectivity index is 2.04. The Morgan fingerprint density at radius 3 is 2.83 bits per heavy atom. The number of nitrogens with two attached hydrogens (primary N) is 1. The predicted octanol–water partition coefficient (Wildman–Crippen LogP) is 3.30. The summed E-state index contributed by atoms with van der Waals surface area (Å²) in [6.45, 7) is 3.19. The molecule has 1 aliphatic rings. The van der Waals surface area contributed by atoms with Crippen LogP contribution in [0.15, 0.2) is 30.3 Å². The third-order valence-electron chi connectivity index (χ3n) is 4.15. The first-order chi connectivity index (χ1) is 10.8. The summed E-state index contributed by atoms with van der Waals surface area (Å²) in [5.41, 5.74) is 5.52. The van der Waals surface area contributed by atoms with Crippen LogP contribution in [0.1, 0.15) is 30.9 Å². The second kappa shape index (κ2) is 7.17. The number of hydrogen-bond acceptors (Lipinski definition) is 2. The van der Waals surface area contributed by atoms with Crippen LogP contribution in [-0.2, 0) is 11.0 Å². The van der Waals surface area contributed by atoms with E-state index in [1.165, 1.54) is 18.2 Å². The molecule has 1 amide bonds. The van der Waals surface area contributed by atoms with E-state index in [1.807, 2.05) is 6.92 Å². The van der Waals surface area contributed by atoms with Gasteiger partial charge in [-0.3, -0.25) is 4.79 Å². The van der Waals surface area contributed by atoms with E-state index >= 15 is 0 Å². The van der Waals surface area contributed by atoms with Crippen molar-refractivity contribution in [1.29, 1.82) is 0 Å². The van der Waals surface area contributed by atoms with Crippen molar-refractivity contribution < 1.29 is 18.0 Å². The van der Waals surface area contributed by atoms with Gasteiger partial charge < -0.3 is 10.6 Å². The fraction of sp³-hybridized carbons (Fsp3) is 0.471. The number of rotatable bonds is 3. The summed E-state index contributed by atoms with van der Waals surface area (Å²) in [6, 6.07) is 4.94. The molecule has 1 aliphatic heterocycles. The maximum absolute atomic E-state index is 12.7. The molecule has 0 aliphatic carbocycles. The van der Waals surface area contributed by atoms with E-state index in [0.29, 0.717) is 18.7 Å². The molecule has 1 aromatic carbocycles.